The van der Waals surface area contributed by atoms with Crippen LogP contribution < -0.4 is 9.13 Å². The molecule has 4 aromatic rings. The SMILES string of the molecule is C(#CC[n+]1ccn(-c2ccccc2)c1)C[n+]1ccn(-c2ccccc2)c1. The Morgan fingerprint density at radius 2 is 1.04 bits per heavy atom. The summed E-state index contributed by atoms with van der Waals surface area (Å²) in [5.74, 6) is 6.47. The lowest BCUT2D eigenvalue weighted by molar-refractivity contribution is -0.686. The van der Waals surface area contributed by atoms with Gasteiger partial charge in [-0.2, -0.15) is 0 Å². The highest BCUT2D eigenvalue weighted by molar-refractivity contribution is 5.31. The van der Waals surface area contributed by atoms with Crippen molar-refractivity contribution in [3.8, 4) is 23.2 Å². The van der Waals surface area contributed by atoms with Crippen molar-refractivity contribution in [3.63, 3.8) is 0 Å². The molecule has 0 spiro atoms. The zero-order valence-electron chi connectivity index (χ0n) is 14.4. The number of nitrogens with zero attached hydrogens (tertiary/aromatic N) is 4. The van der Waals surface area contributed by atoms with Crippen LogP contribution in [0.2, 0.25) is 0 Å². The van der Waals surface area contributed by atoms with Crippen LogP contribution in [-0.4, -0.2) is 9.13 Å². The molecule has 26 heavy (non-hydrogen) atoms. The summed E-state index contributed by atoms with van der Waals surface area (Å²) in [7, 11) is 0. The average Bonchev–Trinajstić information content (AvgIpc) is 3.37. The van der Waals surface area contributed by atoms with Crippen molar-refractivity contribution in [1.29, 1.82) is 0 Å². The normalized spacial score (nSPS) is 10.3. The molecule has 2 heterocycles. The Kier molecular flexibility index (Phi) is 4.62. The van der Waals surface area contributed by atoms with Crippen LogP contribution in [0.1, 0.15) is 0 Å². The van der Waals surface area contributed by atoms with Gasteiger partial charge in [0.1, 0.15) is 36.2 Å². The van der Waals surface area contributed by atoms with Gasteiger partial charge in [-0.3, -0.25) is 0 Å². The fourth-order valence-electron chi connectivity index (χ4n) is 2.78. The fraction of sp³-hybridized carbons (Fsp3) is 0.0909. The molecular formula is C22H20N4+2. The Morgan fingerprint density at radius 1 is 0.615 bits per heavy atom. The van der Waals surface area contributed by atoms with Crippen molar-refractivity contribution in [1.82, 2.24) is 9.13 Å². The molecule has 0 aliphatic carbocycles. The molecule has 0 N–H and O–H groups in total. The van der Waals surface area contributed by atoms with Gasteiger partial charge in [0.15, 0.2) is 13.1 Å². The second-order valence-corrected chi connectivity index (χ2v) is 6.01. The number of para-hydroxylation sites is 2. The molecule has 0 atom stereocenters. The topological polar surface area (TPSA) is 17.6 Å². The lowest BCUT2D eigenvalue weighted by Gasteiger charge is -1.93. The van der Waals surface area contributed by atoms with Crippen molar-refractivity contribution >= 4 is 0 Å². The van der Waals surface area contributed by atoms with E-state index < -0.39 is 0 Å². The third-order valence-electron chi connectivity index (χ3n) is 4.14. The lowest BCUT2D eigenvalue weighted by Crippen LogP contribution is -2.31. The summed E-state index contributed by atoms with van der Waals surface area (Å²) in [6.07, 6.45) is 12.3. The Labute approximate surface area is 153 Å². The summed E-state index contributed by atoms with van der Waals surface area (Å²) in [6, 6.07) is 20.6. The zero-order valence-corrected chi connectivity index (χ0v) is 14.4. The van der Waals surface area contributed by atoms with Crippen molar-refractivity contribution in [2.45, 2.75) is 13.1 Å². The molecule has 0 aliphatic heterocycles. The highest BCUT2D eigenvalue weighted by atomic mass is 15.1. The van der Waals surface area contributed by atoms with E-state index >= 15 is 0 Å². The predicted octanol–water partition coefficient (Wildman–Crippen LogP) is 2.55. The first kappa shape index (κ1) is 15.9. The van der Waals surface area contributed by atoms with Gasteiger partial charge < -0.3 is 0 Å². The standard InChI is InChI=1S/C22H20N4/c1-3-9-21(10-4-1)25-17-15-23(19-25)13-7-8-14-24-16-18-26(20-24)22-11-5-2-6-12-22/h1-6,9-12,15-20H,13-14H2/q+2. The average molecular weight is 340 g/mol. The van der Waals surface area contributed by atoms with Gasteiger partial charge in [-0.05, 0) is 24.3 Å². The number of hydrogen-bond acceptors (Lipinski definition) is 0. The summed E-state index contributed by atoms with van der Waals surface area (Å²) >= 11 is 0. The molecule has 2 aromatic carbocycles. The molecule has 0 fully saturated rings. The fourth-order valence-corrected chi connectivity index (χ4v) is 2.78. The largest absolute Gasteiger partial charge is 0.249 e. The lowest BCUT2D eigenvalue weighted by atomic mass is 10.3. The third kappa shape index (κ3) is 3.73. The minimum atomic E-state index is 0.680. The van der Waals surface area contributed by atoms with Crippen LogP contribution in [0.4, 0.5) is 0 Å². The number of rotatable bonds is 4. The minimum Gasteiger partial charge on any atom is -0.225 e. The van der Waals surface area contributed by atoms with Gasteiger partial charge in [-0.1, -0.05) is 48.2 Å². The second-order valence-electron chi connectivity index (χ2n) is 6.01. The highest BCUT2D eigenvalue weighted by Crippen LogP contribution is 2.05. The molecule has 0 radical (unpaired) electrons. The quantitative estimate of drug-likeness (QED) is 0.401. The van der Waals surface area contributed by atoms with Crippen molar-refractivity contribution in [2.24, 2.45) is 0 Å². The van der Waals surface area contributed by atoms with Gasteiger partial charge in [0.25, 0.3) is 0 Å². The van der Waals surface area contributed by atoms with Gasteiger partial charge in [-0.15, -0.1) is 0 Å². The van der Waals surface area contributed by atoms with Crippen molar-refractivity contribution in [2.75, 3.05) is 0 Å². The zero-order chi connectivity index (χ0) is 17.6. The van der Waals surface area contributed by atoms with Crippen LogP contribution in [0.3, 0.4) is 0 Å². The van der Waals surface area contributed by atoms with Gasteiger partial charge >= 0.3 is 0 Å². The van der Waals surface area contributed by atoms with Gasteiger partial charge in [0, 0.05) is 0 Å². The summed E-state index contributed by atoms with van der Waals surface area (Å²) < 4.78 is 8.35. The smallest absolute Gasteiger partial charge is 0.225 e. The van der Waals surface area contributed by atoms with Gasteiger partial charge in [0.05, 0.1) is 0 Å². The van der Waals surface area contributed by atoms with E-state index in [1.165, 1.54) is 0 Å². The van der Waals surface area contributed by atoms with Gasteiger partial charge in [-0.25, -0.2) is 18.3 Å². The molecule has 0 saturated carbocycles. The van der Waals surface area contributed by atoms with Crippen LogP contribution in [-0.2, 0) is 13.1 Å². The van der Waals surface area contributed by atoms with Crippen molar-refractivity contribution in [3.05, 3.63) is 98.1 Å². The van der Waals surface area contributed by atoms with E-state index in [9.17, 15) is 0 Å². The maximum Gasteiger partial charge on any atom is 0.249 e. The Balaban J connectivity index is 1.36. The molecule has 4 nitrogen and oxygen atoms in total. The van der Waals surface area contributed by atoms with E-state index in [0.29, 0.717) is 13.1 Å². The number of aromatic nitrogens is 4. The summed E-state index contributed by atoms with van der Waals surface area (Å²) in [5, 5.41) is 0. The molecular weight excluding hydrogens is 320 g/mol. The predicted molar refractivity (Wildman–Crippen MR) is 99.7 cm³/mol. The van der Waals surface area contributed by atoms with Crippen LogP contribution in [0.15, 0.2) is 98.1 Å². The molecule has 0 saturated heterocycles. The van der Waals surface area contributed by atoms with E-state index in [1.807, 2.05) is 61.2 Å². The van der Waals surface area contributed by atoms with Crippen LogP contribution in [0.25, 0.3) is 11.4 Å². The van der Waals surface area contributed by atoms with E-state index in [1.54, 1.807) is 0 Å². The van der Waals surface area contributed by atoms with Crippen LogP contribution >= 0.6 is 0 Å². The molecule has 0 unspecified atom stereocenters. The Bertz CT molecular complexity index is 950. The second kappa shape index (κ2) is 7.54. The molecule has 4 rings (SSSR count). The first-order chi connectivity index (χ1) is 12.9. The number of hydrogen-bond donors (Lipinski definition) is 0. The van der Waals surface area contributed by atoms with Gasteiger partial charge in [0.2, 0.25) is 12.7 Å². The van der Waals surface area contributed by atoms with Crippen LogP contribution in [0.5, 0.6) is 0 Å². The first-order valence-corrected chi connectivity index (χ1v) is 8.59. The first-order valence-electron chi connectivity index (χ1n) is 8.59. The summed E-state index contributed by atoms with van der Waals surface area (Å²) in [5.41, 5.74) is 2.30. The van der Waals surface area contributed by atoms with E-state index in [4.69, 9.17) is 0 Å². The molecule has 0 amide bonds. The Hall–Kier alpha value is -3.58. The number of benzene rings is 2. The van der Waals surface area contributed by atoms with Crippen LogP contribution in [0, 0.1) is 11.8 Å². The molecule has 126 valence electrons. The number of imidazole rings is 2. The van der Waals surface area contributed by atoms with E-state index in [2.05, 4.69) is 67.0 Å². The monoisotopic (exact) mass is 340 g/mol. The maximum atomic E-state index is 3.23. The minimum absolute atomic E-state index is 0.680. The summed E-state index contributed by atoms with van der Waals surface area (Å²) in [4.78, 5) is 0. The molecule has 0 aliphatic rings. The summed E-state index contributed by atoms with van der Waals surface area (Å²) in [6.45, 7) is 1.36. The maximum absolute atomic E-state index is 3.23. The molecule has 2 aromatic heterocycles. The highest BCUT2D eigenvalue weighted by Gasteiger charge is 2.05. The Morgan fingerprint density at radius 3 is 1.46 bits per heavy atom. The third-order valence-corrected chi connectivity index (χ3v) is 4.14. The molecule has 4 heteroatoms. The van der Waals surface area contributed by atoms with E-state index in [0.717, 1.165) is 11.4 Å². The van der Waals surface area contributed by atoms with Crippen molar-refractivity contribution < 1.29 is 9.13 Å². The van der Waals surface area contributed by atoms with E-state index in [-0.39, 0.29) is 0 Å². The molecule has 0 bridgehead atoms.